The molecule has 1 aliphatic rings. The van der Waals surface area contributed by atoms with Gasteiger partial charge in [0, 0.05) is 10.9 Å². The molecule has 0 spiro atoms. The number of carbonyl (C=O) groups is 2. The molecule has 0 saturated heterocycles. The van der Waals surface area contributed by atoms with Crippen molar-refractivity contribution in [2.45, 2.75) is 28.5 Å². The number of sulfonamides is 1. The predicted molar refractivity (Wildman–Crippen MR) is 107 cm³/mol. The zero-order chi connectivity index (χ0) is 20.5. The molecule has 0 bridgehead atoms. The summed E-state index contributed by atoms with van der Waals surface area (Å²) < 4.78 is 38.2. The van der Waals surface area contributed by atoms with E-state index in [2.05, 4.69) is 4.72 Å². The summed E-state index contributed by atoms with van der Waals surface area (Å²) >= 11 is 2.38. The van der Waals surface area contributed by atoms with E-state index in [1.165, 1.54) is 14.0 Å². The van der Waals surface area contributed by atoms with Gasteiger partial charge in [0.2, 0.25) is 0 Å². The fraction of sp³-hybridized carbons (Fsp3) is 0.333. The number of esters is 2. The molecular formula is C18H19NO6S3. The Morgan fingerprint density at radius 2 is 1.82 bits per heavy atom. The van der Waals surface area contributed by atoms with Gasteiger partial charge in [-0.1, -0.05) is 18.2 Å². The number of carbonyl (C=O) groups excluding carboxylic acids is 2. The van der Waals surface area contributed by atoms with Gasteiger partial charge in [0.1, 0.15) is 4.88 Å². The van der Waals surface area contributed by atoms with Crippen molar-refractivity contribution in [1.29, 1.82) is 0 Å². The Labute approximate surface area is 171 Å². The maximum Gasteiger partial charge on any atom is 0.348 e. The average molecular weight is 442 g/mol. The van der Waals surface area contributed by atoms with Crippen LogP contribution in [0.4, 0.5) is 0 Å². The minimum atomic E-state index is -4.08. The maximum absolute atomic E-state index is 13.2. The Morgan fingerprint density at radius 3 is 2.50 bits per heavy atom. The van der Waals surface area contributed by atoms with Crippen molar-refractivity contribution in [3.63, 3.8) is 0 Å². The molecule has 0 unspecified atom stereocenters. The SMILES string of the molecule is COC(=O)c1sc(S(=O)(=O)N[C@H]2CCSc3ccccc32)c(C(=O)OC)c1C. The first-order valence-corrected chi connectivity index (χ1v) is 11.6. The second-order valence-corrected chi connectivity index (χ2v) is 10.1. The summed E-state index contributed by atoms with van der Waals surface area (Å²) in [6, 6.07) is 7.18. The summed E-state index contributed by atoms with van der Waals surface area (Å²) in [5.74, 6) is -0.748. The third kappa shape index (κ3) is 3.82. The number of ether oxygens (including phenoxy) is 2. The van der Waals surface area contributed by atoms with E-state index in [0.29, 0.717) is 17.8 Å². The van der Waals surface area contributed by atoms with Crippen LogP contribution in [0.1, 0.15) is 43.6 Å². The Bertz CT molecular complexity index is 1030. The number of benzene rings is 1. The van der Waals surface area contributed by atoms with Gasteiger partial charge < -0.3 is 9.47 Å². The van der Waals surface area contributed by atoms with Crippen molar-refractivity contribution in [2.24, 2.45) is 0 Å². The van der Waals surface area contributed by atoms with Crippen LogP contribution >= 0.6 is 23.1 Å². The molecule has 1 N–H and O–H groups in total. The van der Waals surface area contributed by atoms with Crippen molar-refractivity contribution in [2.75, 3.05) is 20.0 Å². The quantitative estimate of drug-likeness (QED) is 0.712. The predicted octanol–water partition coefficient (Wildman–Crippen LogP) is 3.15. The van der Waals surface area contributed by atoms with Gasteiger partial charge in [-0.25, -0.2) is 22.7 Å². The van der Waals surface area contributed by atoms with Gasteiger partial charge in [0.05, 0.1) is 19.8 Å². The first-order valence-electron chi connectivity index (χ1n) is 8.34. The summed E-state index contributed by atoms with van der Waals surface area (Å²) in [5, 5.41) is 0. The van der Waals surface area contributed by atoms with Crippen LogP contribution < -0.4 is 4.72 Å². The molecule has 150 valence electrons. The molecule has 7 nitrogen and oxygen atoms in total. The summed E-state index contributed by atoms with van der Waals surface area (Å²) in [5.41, 5.74) is 0.978. The number of methoxy groups -OCH3 is 2. The molecule has 0 aliphatic carbocycles. The van der Waals surface area contributed by atoms with Crippen LogP contribution in [-0.4, -0.2) is 40.3 Å². The summed E-state index contributed by atoms with van der Waals surface area (Å²) in [6.45, 7) is 1.50. The van der Waals surface area contributed by atoms with Crippen LogP contribution in [0, 0.1) is 6.92 Å². The number of hydrogen-bond acceptors (Lipinski definition) is 8. The van der Waals surface area contributed by atoms with Crippen LogP contribution in [0.5, 0.6) is 0 Å². The van der Waals surface area contributed by atoms with E-state index in [1.807, 2.05) is 24.3 Å². The molecule has 1 aromatic heterocycles. The van der Waals surface area contributed by atoms with E-state index in [1.54, 1.807) is 11.8 Å². The van der Waals surface area contributed by atoms with Crippen LogP contribution in [-0.2, 0) is 19.5 Å². The number of nitrogens with one attached hydrogen (secondary N) is 1. The Morgan fingerprint density at radius 1 is 1.14 bits per heavy atom. The van der Waals surface area contributed by atoms with Crippen molar-refractivity contribution in [3.8, 4) is 0 Å². The zero-order valence-electron chi connectivity index (χ0n) is 15.5. The van der Waals surface area contributed by atoms with Crippen LogP contribution in [0.15, 0.2) is 33.4 Å². The third-order valence-electron chi connectivity index (χ3n) is 4.37. The van der Waals surface area contributed by atoms with E-state index in [9.17, 15) is 18.0 Å². The summed E-state index contributed by atoms with van der Waals surface area (Å²) in [6.07, 6.45) is 0.614. The van der Waals surface area contributed by atoms with Crippen molar-refractivity contribution < 1.29 is 27.5 Å². The smallest absolute Gasteiger partial charge is 0.348 e. The molecule has 0 radical (unpaired) electrons. The first kappa shape index (κ1) is 20.8. The third-order valence-corrected chi connectivity index (χ3v) is 8.76. The molecule has 10 heteroatoms. The zero-order valence-corrected chi connectivity index (χ0v) is 17.9. The lowest BCUT2D eigenvalue weighted by Gasteiger charge is -2.25. The molecule has 1 aliphatic heterocycles. The number of thiophene rings is 1. The Hall–Kier alpha value is -1.88. The molecule has 3 rings (SSSR count). The Kier molecular flexibility index (Phi) is 6.13. The number of fused-ring (bicyclic) bond motifs is 1. The second-order valence-electron chi connectivity index (χ2n) is 6.05. The van der Waals surface area contributed by atoms with E-state index >= 15 is 0 Å². The molecule has 28 heavy (non-hydrogen) atoms. The highest BCUT2D eigenvalue weighted by atomic mass is 32.2. The number of rotatable bonds is 5. The van der Waals surface area contributed by atoms with E-state index < -0.39 is 28.0 Å². The van der Waals surface area contributed by atoms with Gasteiger partial charge in [0.15, 0.2) is 4.21 Å². The fourth-order valence-corrected chi connectivity index (χ4v) is 7.14. The fourth-order valence-electron chi connectivity index (χ4n) is 3.01. The highest BCUT2D eigenvalue weighted by molar-refractivity contribution is 7.99. The largest absolute Gasteiger partial charge is 0.465 e. The monoisotopic (exact) mass is 441 g/mol. The maximum atomic E-state index is 13.2. The van der Waals surface area contributed by atoms with Gasteiger partial charge in [-0.05, 0) is 36.3 Å². The lowest BCUT2D eigenvalue weighted by Crippen LogP contribution is -2.31. The second kappa shape index (κ2) is 8.24. The van der Waals surface area contributed by atoms with Crippen LogP contribution in [0.3, 0.4) is 0 Å². The molecule has 0 amide bonds. The molecule has 1 aromatic carbocycles. The van der Waals surface area contributed by atoms with Gasteiger partial charge in [0.25, 0.3) is 10.0 Å². The molecule has 0 fully saturated rings. The van der Waals surface area contributed by atoms with Crippen molar-refractivity contribution >= 4 is 45.1 Å². The first-order chi connectivity index (χ1) is 13.3. The average Bonchev–Trinajstić information content (AvgIpc) is 3.05. The lowest BCUT2D eigenvalue weighted by molar-refractivity contribution is 0.0596. The Balaban J connectivity index is 2.05. The van der Waals surface area contributed by atoms with Crippen molar-refractivity contribution in [1.82, 2.24) is 4.72 Å². The minimum absolute atomic E-state index is 0.0582. The summed E-state index contributed by atoms with van der Waals surface area (Å²) in [7, 11) is -1.72. The number of hydrogen-bond donors (Lipinski definition) is 1. The molecule has 2 aromatic rings. The molecule has 0 saturated carbocycles. The highest BCUT2D eigenvalue weighted by Crippen LogP contribution is 2.38. The van der Waals surface area contributed by atoms with Crippen molar-refractivity contribution in [3.05, 3.63) is 45.8 Å². The minimum Gasteiger partial charge on any atom is -0.465 e. The van der Waals surface area contributed by atoms with Gasteiger partial charge in [-0.2, -0.15) is 0 Å². The van der Waals surface area contributed by atoms with Gasteiger partial charge in [-0.3, -0.25) is 0 Å². The molecule has 2 heterocycles. The topological polar surface area (TPSA) is 98.8 Å². The highest BCUT2D eigenvalue weighted by Gasteiger charge is 2.35. The van der Waals surface area contributed by atoms with Gasteiger partial charge in [-0.15, -0.1) is 23.1 Å². The molecule has 1 atom stereocenters. The van der Waals surface area contributed by atoms with Crippen LogP contribution in [0.25, 0.3) is 0 Å². The molecular weight excluding hydrogens is 422 g/mol. The summed E-state index contributed by atoms with van der Waals surface area (Å²) in [4.78, 5) is 25.3. The standard InChI is InChI=1S/C18H19NO6S3/c1-10-14(16(20)24-2)18(27-15(10)17(21)25-3)28(22,23)19-12-8-9-26-13-7-5-4-6-11(12)13/h4-7,12,19H,8-9H2,1-3H3/t12-/m0/s1. The lowest BCUT2D eigenvalue weighted by atomic mass is 10.1. The number of thioether (sulfide) groups is 1. The van der Waals surface area contributed by atoms with Gasteiger partial charge >= 0.3 is 11.9 Å². The van der Waals surface area contributed by atoms with Crippen LogP contribution in [0.2, 0.25) is 0 Å². The normalized spacial score (nSPS) is 16.3. The van der Waals surface area contributed by atoms with E-state index in [0.717, 1.165) is 23.3 Å². The van der Waals surface area contributed by atoms with E-state index in [-0.39, 0.29) is 20.2 Å². The van der Waals surface area contributed by atoms with E-state index in [4.69, 9.17) is 9.47 Å².